The Labute approximate surface area is 120 Å². The summed E-state index contributed by atoms with van der Waals surface area (Å²) < 4.78 is 1.86. The normalized spacial score (nSPS) is 10.3. The molecule has 3 nitrogen and oxygen atoms in total. The maximum atomic E-state index is 11.8. The molecule has 2 rings (SSSR count). The number of pyridine rings is 1. The molecular weight excluding hydrogens is 368 g/mol. The van der Waals surface area contributed by atoms with Gasteiger partial charge in [0.15, 0.2) is 0 Å². The van der Waals surface area contributed by atoms with Gasteiger partial charge in [-0.2, -0.15) is 0 Å². The van der Waals surface area contributed by atoms with E-state index in [-0.39, 0.29) is 5.91 Å². The van der Waals surface area contributed by atoms with E-state index in [1.54, 1.807) is 17.5 Å². The first-order chi connectivity index (χ1) is 8.06. The van der Waals surface area contributed by atoms with Crippen LogP contribution in [0.1, 0.15) is 16.1 Å². The van der Waals surface area contributed by atoms with E-state index in [1.807, 2.05) is 13.0 Å². The molecule has 17 heavy (non-hydrogen) atoms. The van der Waals surface area contributed by atoms with Crippen molar-refractivity contribution in [2.45, 2.75) is 6.92 Å². The van der Waals surface area contributed by atoms with Crippen molar-refractivity contribution in [3.8, 4) is 0 Å². The maximum absolute atomic E-state index is 11.8. The summed E-state index contributed by atoms with van der Waals surface area (Å²) in [4.78, 5) is 16.1. The number of hydrogen-bond acceptors (Lipinski definition) is 3. The lowest BCUT2D eigenvalue weighted by Gasteiger charge is -2.04. The molecule has 0 aromatic carbocycles. The first-order valence-electron chi connectivity index (χ1n) is 4.75. The summed E-state index contributed by atoms with van der Waals surface area (Å²) in [5.41, 5.74) is 1.47. The van der Waals surface area contributed by atoms with Crippen LogP contribution in [0.2, 0.25) is 0 Å². The van der Waals surface area contributed by atoms with Crippen LogP contribution in [0.4, 0.5) is 5.82 Å². The highest BCUT2D eigenvalue weighted by Gasteiger charge is 2.09. The van der Waals surface area contributed by atoms with Gasteiger partial charge in [0.2, 0.25) is 0 Å². The number of carbonyl (C=O) groups excluding carboxylic acids is 1. The van der Waals surface area contributed by atoms with Gasteiger partial charge in [0.1, 0.15) is 5.82 Å². The molecule has 0 unspecified atom stereocenters. The Morgan fingerprint density at radius 1 is 1.41 bits per heavy atom. The average Bonchev–Trinajstić information content (AvgIpc) is 2.70. The van der Waals surface area contributed by atoms with E-state index in [4.69, 9.17) is 0 Å². The van der Waals surface area contributed by atoms with Crippen LogP contribution in [0, 0.1) is 6.92 Å². The predicted octanol–water partition coefficient (Wildman–Crippen LogP) is 4.23. The molecular formula is C11H8Br2N2OS. The molecule has 2 heterocycles. The van der Waals surface area contributed by atoms with Crippen molar-refractivity contribution in [2.24, 2.45) is 0 Å². The Morgan fingerprint density at radius 2 is 2.18 bits per heavy atom. The maximum Gasteiger partial charge on any atom is 0.257 e. The van der Waals surface area contributed by atoms with E-state index < -0.39 is 0 Å². The standard InChI is InChI=1S/C11H8Br2N2OS/c1-6-8(12)2-3-10(14-6)15-11(16)7-4-9(13)17-5-7/h2-5H,1H3,(H,14,15,16). The number of anilines is 1. The van der Waals surface area contributed by atoms with E-state index in [0.29, 0.717) is 11.4 Å². The van der Waals surface area contributed by atoms with Crippen LogP contribution in [0.5, 0.6) is 0 Å². The topological polar surface area (TPSA) is 42.0 Å². The molecule has 0 spiro atoms. The zero-order chi connectivity index (χ0) is 12.4. The number of amides is 1. The van der Waals surface area contributed by atoms with Crippen molar-refractivity contribution in [1.29, 1.82) is 0 Å². The van der Waals surface area contributed by atoms with Gasteiger partial charge in [0.05, 0.1) is 15.0 Å². The van der Waals surface area contributed by atoms with Crippen LogP contribution in [0.25, 0.3) is 0 Å². The van der Waals surface area contributed by atoms with Gasteiger partial charge in [-0.05, 0) is 57.0 Å². The van der Waals surface area contributed by atoms with Gasteiger partial charge in [-0.3, -0.25) is 4.79 Å². The molecule has 0 aliphatic heterocycles. The van der Waals surface area contributed by atoms with Gasteiger partial charge in [0.25, 0.3) is 5.91 Å². The molecule has 2 aromatic heterocycles. The fourth-order valence-electron chi connectivity index (χ4n) is 1.23. The second-order valence-corrected chi connectivity index (χ2v) is 6.50. The van der Waals surface area contributed by atoms with Crippen molar-refractivity contribution >= 4 is 54.9 Å². The third-order valence-corrected chi connectivity index (χ3v) is 4.44. The minimum absolute atomic E-state index is 0.152. The molecule has 0 saturated carbocycles. The lowest BCUT2D eigenvalue weighted by Crippen LogP contribution is -2.12. The lowest BCUT2D eigenvalue weighted by molar-refractivity contribution is 0.102. The van der Waals surface area contributed by atoms with Crippen molar-refractivity contribution in [2.75, 3.05) is 5.32 Å². The van der Waals surface area contributed by atoms with Crippen molar-refractivity contribution < 1.29 is 4.79 Å². The number of hydrogen-bond donors (Lipinski definition) is 1. The summed E-state index contributed by atoms with van der Waals surface area (Å²) in [7, 11) is 0. The summed E-state index contributed by atoms with van der Waals surface area (Å²) >= 11 is 8.16. The molecule has 1 N–H and O–H groups in total. The summed E-state index contributed by atoms with van der Waals surface area (Å²) in [5.74, 6) is 0.402. The zero-order valence-corrected chi connectivity index (χ0v) is 12.8. The van der Waals surface area contributed by atoms with Gasteiger partial charge >= 0.3 is 0 Å². The van der Waals surface area contributed by atoms with Crippen LogP contribution in [-0.4, -0.2) is 10.9 Å². The molecule has 0 aliphatic rings. The number of halogens is 2. The molecule has 0 bridgehead atoms. The van der Waals surface area contributed by atoms with E-state index >= 15 is 0 Å². The van der Waals surface area contributed by atoms with Gasteiger partial charge in [-0.15, -0.1) is 11.3 Å². The highest BCUT2D eigenvalue weighted by Crippen LogP contribution is 2.22. The third kappa shape index (κ3) is 3.14. The van der Waals surface area contributed by atoms with Crippen LogP contribution in [-0.2, 0) is 0 Å². The van der Waals surface area contributed by atoms with Crippen LogP contribution in [0.15, 0.2) is 31.8 Å². The number of carbonyl (C=O) groups is 1. The Bertz CT molecular complexity index is 568. The van der Waals surface area contributed by atoms with Crippen LogP contribution < -0.4 is 5.32 Å². The van der Waals surface area contributed by atoms with Crippen molar-refractivity contribution in [1.82, 2.24) is 4.98 Å². The predicted molar refractivity (Wildman–Crippen MR) is 76.6 cm³/mol. The SMILES string of the molecule is Cc1nc(NC(=O)c2csc(Br)c2)ccc1Br. The smallest absolute Gasteiger partial charge is 0.257 e. The number of nitrogens with one attached hydrogen (secondary N) is 1. The summed E-state index contributed by atoms with van der Waals surface area (Å²) in [5, 5.41) is 4.55. The highest BCUT2D eigenvalue weighted by atomic mass is 79.9. The fourth-order valence-corrected chi connectivity index (χ4v) is 2.59. The average molecular weight is 376 g/mol. The van der Waals surface area contributed by atoms with Crippen LogP contribution in [0.3, 0.4) is 0 Å². The molecule has 0 atom stereocenters. The Kier molecular flexibility index (Phi) is 3.96. The van der Waals surface area contributed by atoms with Crippen molar-refractivity contribution in [3.63, 3.8) is 0 Å². The lowest BCUT2D eigenvalue weighted by atomic mass is 10.3. The quantitative estimate of drug-likeness (QED) is 0.853. The van der Waals surface area contributed by atoms with E-state index in [1.165, 1.54) is 11.3 Å². The van der Waals surface area contributed by atoms with Gasteiger partial charge < -0.3 is 5.32 Å². The second kappa shape index (κ2) is 5.29. The molecule has 0 saturated heterocycles. The van der Waals surface area contributed by atoms with E-state index in [9.17, 15) is 4.79 Å². The number of rotatable bonds is 2. The molecule has 6 heteroatoms. The number of aromatic nitrogens is 1. The highest BCUT2D eigenvalue weighted by molar-refractivity contribution is 9.11. The molecule has 2 aromatic rings. The largest absolute Gasteiger partial charge is 0.307 e. The summed E-state index contributed by atoms with van der Waals surface area (Å²) in [6, 6.07) is 5.41. The zero-order valence-electron chi connectivity index (χ0n) is 8.83. The van der Waals surface area contributed by atoms with Crippen molar-refractivity contribution in [3.05, 3.63) is 43.1 Å². The van der Waals surface area contributed by atoms with Gasteiger partial charge in [-0.25, -0.2) is 4.98 Å². The minimum atomic E-state index is -0.152. The molecule has 0 radical (unpaired) electrons. The second-order valence-electron chi connectivity index (χ2n) is 3.36. The van der Waals surface area contributed by atoms with E-state index in [0.717, 1.165) is 14.0 Å². The number of thiophene rings is 1. The summed E-state index contributed by atoms with van der Waals surface area (Å²) in [6.45, 7) is 1.88. The van der Waals surface area contributed by atoms with Gasteiger partial charge in [0, 0.05) is 9.85 Å². The minimum Gasteiger partial charge on any atom is -0.307 e. The Hall–Kier alpha value is -0.720. The van der Waals surface area contributed by atoms with E-state index in [2.05, 4.69) is 42.2 Å². The first kappa shape index (κ1) is 12.7. The molecule has 0 aliphatic carbocycles. The Morgan fingerprint density at radius 3 is 2.76 bits per heavy atom. The summed E-state index contributed by atoms with van der Waals surface area (Å²) in [6.07, 6.45) is 0. The number of nitrogens with zero attached hydrogens (tertiary/aromatic N) is 1. The first-order valence-corrected chi connectivity index (χ1v) is 7.21. The number of aryl methyl sites for hydroxylation is 1. The third-order valence-electron chi connectivity index (χ3n) is 2.09. The Balaban J connectivity index is 2.15. The molecule has 88 valence electrons. The molecule has 1 amide bonds. The fraction of sp³-hybridized carbons (Fsp3) is 0.0909. The van der Waals surface area contributed by atoms with Gasteiger partial charge in [-0.1, -0.05) is 0 Å². The monoisotopic (exact) mass is 374 g/mol. The van der Waals surface area contributed by atoms with Crippen LogP contribution >= 0.6 is 43.2 Å². The molecule has 0 fully saturated rings.